The maximum absolute atomic E-state index is 12.3. The Morgan fingerprint density at radius 2 is 1.71 bits per heavy atom. The molecule has 0 radical (unpaired) electrons. The smallest absolute Gasteiger partial charge is 0.276 e. The van der Waals surface area contributed by atoms with Gasteiger partial charge in [0.15, 0.2) is 11.7 Å². The van der Waals surface area contributed by atoms with Crippen LogP contribution in [0.5, 0.6) is 11.5 Å². The molecule has 0 aliphatic carbocycles. The van der Waals surface area contributed by atoms with Crippen molar-refractivity contribution < 1.29 is 19.1 Å². The summed E-state index contributed by atoms with van der Waals surface area (Å²) in [5.41, 5.74) is 5.27. The van der Waals surface area contributed by atoms with Crippen molar-refractivity contribution in [3.63, 3.8) is 0 Å². The fourth-order valence-corrected chi connectivity index (χ4v) is 2.96. The van der Waals surface area contributed by atoms with Crippen molar-refractivity contribution in [2.75, 3.05) is 6.61 Å². The number of rotatable bonds is 6. The number of hydrogen-bond donors (Lipinski definition) is 3. The van der Waals surface area contributed by atoms with Crippen LogP contribution in [0.4, 0.5) is 0 Å². The van der Waals surface area contributed by atoms with Gasteiger partial charge in [0, 0.05) is 10.9 Å². The monoisotopic (exact) mass is 437 g/mol. The van der Waals surface area contributed by atoms with Gasteiger partial charge in [-0.25, -0.2) is 0 Å². The summed E-state index contributed by atoms with van der Waals surface area (Å²) in [7, 11) is 0. The van der Waals surface area contributed by atoms with Crippen molar-refractivity contribution in [2.24, 2.45) is 0 Å². The topological polar surface area (TPSA) is 88.7 Å². The van der Waals surface area contributed by atoms with Crippen LogP contribution in [0.2, 0.25) is 0 Å². The van der Waals surface area contributed by atoms with Crippen LogP contribution in [0.25, 0.3) is 10.8 Å². The summed E-state index contributed by atoms with van der Waals surface area (Å²) in [6.07, 6.45) is -0.00707. The van der Waals surface area contributed by atoms with Crippen LogP contribution in [0.15, 0.2) is 66.7 Å². The molecule has 3 rings (SSSR count). The minimum Gasteiger partial charge on any atom is -0.491 e. The van der Waals surface area contributed by atoms with Crippen molar-refractivity contribution in [1.29, 1.82) is 0 Å². The first-order valence-electron chi connectivity index (χ1n) is 9.70. The Labute approximate surface area is 185 Å². The zero-order chi connectivity index (χ0) is 22.2. The van der Waals surface area contributed by atoms with Gasteiger partial charge < -0.3 is 9.47 Å². The van der Waals surface area contributed by atoms with Crippen molar-refractivity contribution in [3.8, 4) is 11.5 Å². The Morgan fingerprint density at radius 1 is 0.968 bits per heavy atom. The molecular weight excluding hydrogens is 414 g/mol. The van der Waals surface area contributed by atoms with Gasteiger partial charge in [0.25, 0.3) is 11.8 Å². The van der Waals surface area contributed by atoms with Crippen LogP contribution in [0.1, 0.15) is 24.2 Å². The van der Waals surface area contributed by atoms with E-state index in [1.807, 2.05) is 50.2 Å². The molecule has 0 spiro atoms. The standard InChI is InChI=1S/C23H23N3O4S/c1-15(2)30-18-10-5-9-17(13-18)22(28)24-23(31)26-25-21(27)14-29-20-12-6-8-16-7-3-4-11-19(16)20/h3-13,15H,14H2,1-2H3,(H,25,27)(H2,24,26,28,31). The first-order valence-corrected chi connectivity index (χ1v) is 10.1. The van der Waals surface area contributed by atoms with Gasteiger partial charge >= 0.3 is 0 Å². The number of benzene rings is 3. The molecule has 0 aromatic heterocycles. The first-order chi connectivity index (χ1) is 14.9. The third-order valence-corrected chi connectivity index (χ3v) is 4.32. The lowest BCUT2D eigenvalue weighted by molar-refractivity contribution is -0.123. The SMILES string of the molecule is CC(C)Oc1cccc(C(=O)NC(=S)NNC(=O)COc2cccc3ccccc23)c1. The van der Waals surface area contributed by atoms with Crippen LogP contribution in [-0.4, -0.2) is 29.6 Å². The maximum atomic E-state index is 12.3. The number of carbonyl (C=O) groups is 2. The number of hydrogen-bond acceptors (Lipinski definition) is 5. The van der Waals surface area contributed by atoms with Gasteiger partial charge in [-0.15, -0.1) is 0 Å². The van der Waals surface area contributed by atoms with E-state index in [0.29, 0.717) is 17.1 Å². The number of carbonyl (C=O) groups excluding carboxylic acids is 2. The van der Waals surface area contributed by atoms with Gasteiger partial charge in [-0.3, -0.25) is 25.8 Å². The predicted molar refractivity (Wildman–Crippen MR) is 123 cm³/mol. The molecular formula is C23H23N3O4S. The average Bonchev–Trinajstić information content (AvgIpc) is 2.76. The Morgan fingerprint density at radius 3 is 2.52 bits per heavy atom. The second-order valence-corrected chi connectivity index (χ2v) is 7.33. The Kier molecular flexibility index (Phi) is 7.40. The van der Waals surface area contributed by atoms with E-state index in [-0.39, 0.29) is 17.8 Å². The van der Waals surface area contributed by atoms with Crippen LogP contribution in [0, 0.1) is 0 Å². The molecule has 3 aromatic rings. The van der Waals surface area contributed by atoms with Gasteiger partial charge in [-0.2, -0.15) is 0 Å². The highest BCUT2D eigenvalue weighted by Crippen LogP contribution is 2.24. The molecule has 0 saturated carbocycles. The summed E-state index contributed by atoms with van der Waals surface area (Å²) >= 11 is 5.06. The quantitative estimate of drug-likeness (QED) is 0.405. The molecule has 0 bridgehead atoms. The first kappa shape index (κ1) is 22.0. The Balaban J connectivity index is 1.47. The number of amides is 2. The van der Waals surface area contributed by atoms with E-state index in [1.165, 1.54) is 0 Å². The predicted octanol–water partition coefficient (Wildman–Crippen LogP) is 3.34. The summed E-state index contributed by atoms with van der Waals surface area (Å²) in [6.45, 7) is 3.59. The maximum Gasteiger partial charge on any atom is 0.276 e. The fraction of sp³-hybridized carbons (Fsp3) is 0.174. The van der Waals surface area contributed by atoms with E-state index in [9.17, 15) is 9.59 Å². The molecule has 3 aromatic carbocycles. The van der Waals surface area contributed by atoms with E-state index in [0.717, 1.165) is 10.8 Å². The van der Waals surface area contributed by atoms with E-state index in [2.05, 4.69) is 16.2 Å². The number of ether oxygens (including phenoxy) is 2. The van der Waals surface area contributed by atoms with Gasteiger partial charge in [-0.1, -0.05) is 42.5 Å². The van der Waals surface area contributed by atoms with Crippen molar-refractivity contribution >= 4 is 39.9 Å². The molecule has 0 saturated heterocycles. The molecule has 7 nitrogen and oxygen atoms in total. The van der Waals surface area contributed by atoms with Crippen LogP contribution in [0.3, 0.4) is 0 Å². The summed E-state index contributed by atoms with van der Waals surface area (Å²) in [4.78, 5) is 24.4. The molecule has 0 heterocycles. The largest absolute Gasteiger partial charge is 0.491 e. The molecule has 0 unspecified atom stereocenters. The van der Waals surface area contributed by atoms with Crippen molar-refractivity contribution in [2.45, 2.75) is 20.0 Å². The lowest BCUT2D eigenvalue weighted by Gasteiger charge is -2.13. The normalized spacial score (nSPS) is 10.4. The highest BCUT2D eigenvalue weighted by molar-refractivity contribution is 7.80. The number of thiocarbonyl (C=S) groups is 1. The van der Waals surface area contributed by atoms with E-state index in [1.54, 1.807) is 30.3 Å². The molecule has 8 heteroatoms. The van der Waals surface area contributed by atoms with Crippen LogP contribution >= 0.6 is 12.2 Å². The molecule has 160 valence electrons. The number of fused-ring (bicyclic) bond motifs is 1. The molecule has 3 N–H and O–H groups in total. The van der Waals surface area contributed by atoms with Crippen molar-refractivity contribution in [3.05, 3.63) is 72.3 Å². The Hall–Kier alpha value is -3.65. The summed E-state index contributed by atoms with van der Waals surface area (Å²) in [6, 6.07) is 20.1. The minimum absolute atomic E-state index is 0.00707. The van der Waals surface area contributed by atoms with Crippen molar-refractivity contribution in [1.82, 2.24) is 16.2 Å². The second kappa shape index (κ2) is 10.4. The molecule has 0 aliphatic heterocycles. The fourth-order valence-electron chi connectivity index (χ4n) is 2.82. The summed E-state index contributed by atoms with van der Waals surface area (Å²) in [5.74, 6) is 0.317. The minimum atomic E-state index is -0.447. The van der Waals surface area contributed by atoms with Gasteiger partial charge in [0.05, 0.1) is 6.10 Å². The van der Waals surface area contributed by atoms with Gasteiger partial charge in [0.2, 0.25) is 0 Å². The number of nitrogens with one attached hydrogen (secondary N) is 3. The van der Waals surface area contributed by atoms with E-state index < -0.39 is 11.8 Å². The summed E-state index contributed by atoms with van der Waals surface area (Å²) in [5, 5.41) is 4.39. The van der Waals surface area contributed by atoms with Crippen LogP contribution in [-0.2, 0) is 4.79 Å². The third-order valence-electron chi connectivity index (χ3n) is 4.12. The zero-order valence-corrected chi connectivity index (χ0v) is 18.0. The lowest BCUT2D eigenvalue weighted by Crippen LogP contribution is -2.49. The molecule has 0 fully saturated rings. The lowest BCUT2D eigenvalue weighted by atomic mass is 10.1. The molecule has 31 heavy (non-hydrogen) atoms. The van der Waals surface area contributed by atoms with E-state index in [4.69, 9.17) is 21.7 Å². The highest BCUT2D eigenvalue weighted by Gasteiger charge is 2.11. The third kappa shape index (κ3) is 6.42. The number of hydrazine groups is 1. The van der Waals surface area contributed by atoms with Gasteiger partial charge in [-0.05, 0) is 55.7 Å². The van der Waals surface area contributed by atoms with Gasteiger partial charge in [0.1, 0.15) is 11.5 Å². The molecule has 0 atom stereocenters. The van der Waals surface area contributed by atoms with Crippen LogP contribution < -0.4 is 25.6 Å². The molecule has 0 aliphatic rings. The van der Waals surface area contributed by atoms with E-state index >= 15 is 0 Å². The molecule has 2 amide bonds. The zero-order valence-electron chi connectivity index (χ0n) is 17.2. The average molecular weight is 438 g/mol. The summed E-state index contributed by atoms with van der Waals surface area (Å²) < 4.78 is 11.2. The second-order valence-electron chi connectivity index (χ2n) is 6.92. The Bertz CT molecular complexity index is 1100. The highest BCUT2D eigenvalue weighted by atomic mass is 32.1.